The van der Waals surface area contributed by atoms with Crippen LogP contribution in [0.3, 0.4) is 0 Å². The topological polar surface area (TPSA) is 60.1 Å². The second kappa shape index (κ2) is 11.0. The van der Waals surface area contributed by atoms with Gasteiger partial charge in [0.2, 0.25) is 0 Å². The van der Waals surface area contributed by atoms with E-state index < -0.39 is 0 Å². The number of benzene rings is 1. The van der Waals surface area contributed by atoms with Gasteiger partial charge in [-0.2, -0.15) is 0 Å². The lowest BCUT2D eigenvalue weighted by molar-refractivity contribution is 0.0453. The van der Waals surface area contributed by atoms with Crippen LogP contribution in [0.1, 0.15) is 43.7 Å². The van der Waals surface area contributed by atoms with E-state index in [-0.39, 0.29) is 0 Å². The van der Waals surface area contributed by atoms with Crippen molar-refractivity contribution in [2.24, 2.45) is 10.7 Å². The van der Waals surface area contributed by atoms with E-state index in [4.69, 9.17) is 15.2 Å². The van der Waals surface area contributed by atoms with Crippen molar-refractivity contribution in [2.45, 2.75) is 45.8 Å². The summed E-state index contributed by atoms with van der Waals surface area (Å²) in [4.78, 5) is 6.80. The molecule has 2 N–H and O–H groups in total. The van der Waals surface area contributed by atoms with Crippen LogP contribution in [0.5, 0.6) is 0 Å². The monoisotopic (exact) mass is 333 g/mol. The molecular weight excluding hydrogens is 302 g/mol. The highest BCUT2D eigenvalue weighted by molar-refractivity contribution is 5.78. The summed E-state index contributed by atoms with van der Waals surface area (Å²) in [6, 6.07) is 8.35. The summed E-state index contributed by atoms with van der Waals surface area (Å²) in [6.07, 6.45) is 5.03. The van der Waals surface area contributed by atoms with Crippen molar-refractivity contribution >= 4 is 5.96 Å². The SMILES string of the molecule is CCOCCOCc1cccc(CN=C(N)N2CCCCCC2)c1. The zero-order valence-electron chi connectivity index (χ0n) is 14.9. The van der Waals surface area contributed by atoms with Crippen LogP contribution in [-0.2, 0) is 22.6 Å². The quantitative estimate of drug-likeness (QED) is 0.451. The molecule has 0 amide bonds. The van der Waals surface area contributed by atoms with Gasteiger partial charge in [0.05, 0.1) is 26.4 Å². The second-order valence-corrected chi connectivity index (χ2v) is 6.15. The van der Waals surface area contributed by atoms with Crippen molar-refractivity contribution in [2.75, 3.05) is 32.9 Å². The lowest BCUT2D eigenvalue weighted by Gasteiger charge is -2.21. The zero-order chi connectivity index (χ0) is 17.0. The van der Waals surface area contributed by atoms with Crippen LogP contribution in [0.25, 0.3) is 0 Å². The number of nitrogens with zero attached hydrogens (tertiary/aromatic N) is 2. The van der Waals surface area contributed by atoms with E-state index in [0.29, 0.717) is 32.3 Å². The minimum absolute atomic E-state index is 0.603. The Kier molecular flexibility index (Phi) is 8.63. The fourth-order valence-electron chi connectivity index (χ4n) is 2.84. The number of aliphatic imine (C=N–C) groups is 1. The van der Waals surface area contributed by atoms with Crippen molar-refractivity contribution in [3.63, 3.8) is 0 Å². The molecule has 1 aromatic rings. The Morgan fingerprint density at radius 3 is 2.54 bits per heavy atom. The van der Waals surface area contributed by atoms with Gasteiger partial charge in [0.25, 0.3) is 0 Å². The van der Waals surface area contributed by atoms with E-state index in [1.165, 1.54) is 31.2 Å². The van der Waals surface area contributed by atoms with Crippen LogP contribution in [-0.4, -0.2) is 43.8 Å². The minimum atomic E-state index is 0.603. The van der Waals surface area contributed by atoms with Gasteiger partial charge in [0.1, 0.15) is 0 Å². The highest BCUT2D eigenvalue weighted by Crippen LogP contribution is 2.11. The first-order valence-electron chi connectivity index (χ1n) is 9.07. The first-order valence-corrected chi connectivity index (χ1v) is 9.07. The molecule has 1 heterocycles. The summed E-state index contributed by atoms with van der Waals surface area (Å²) in [5.41, 5.74) is 8.49. The Morgan fingerprint density at radius 1 is 1.08 bits per heavy atom. The van der Waals surface area contributed by atoms with Crippen LogP contribution in [0.4, 0.5) is 0 Å². The molecule has 24 heavy (non-hydrogen) atoms. The van der Waals surface area contributed by atoms with Gasteiger partial charge < -0.3 is 20.1 Å². The van der Waals surface area contributed by atoms with Crippen molar-refractivity contribution in [3.8, 4) is 0 Å². The number of hydrogen-bond donors (Lipinski definition) is 1. The molecule has 0 saturated carbocycles. The molecule has 0 spiro atoms. The van der Waals surface area contributed by atoms with Crippen LogP contribution < -0.4 is 5.73 Å². The van der Waals surface area contributed by atoms with Gasteiger partial charge in [-0.1, -0.05) is 37.1 Å². The van der Waals surface area contributed by atoms with Crippen LogP contribution in [0.2, 0.25) is 0 Å². The minimum Gasteiger partial charge on any atom is -0.379 e. The smallest absolute Gasteiger partial charge is 0.191 e. The molecule has 134 valence electrons. The van der Waals surface area contributed by atoms with Crippen molar-refractivity contribution in [1.29, 1.82) is 0 Å². The molecule has 0 bridgehead atoms. The Hall–Kier alpha value is -1.59. The number of ether oxygens (including phenoxy) is 2. The second-order valence-electron chi connectivity index (χ2n) is 6.15. The lowest BCUT2D eigenvalue weighted by atomic mass is 10.1. The number of nitrogens with two attached hydrogens (primary N) is 1. The Morgan fingerprint density at radius 2 is 1.79 bits per heavy atom. The third-order valence-electron chi connectivity index (χ3n) is 4.19. The third-order valence-corrected chi connectivity index (χ3v) is 4.19. The van der Waals surface area contributed by atoms with Gasteiger partial charge in [-0.15, -0.1) is 0 Å². The van der Waals surface area contributed by atoms with E-state index >= 15 is 0 Å². The van der Waals surface area contributed by atoms with Crippen molar-refractivity contribution < 1.29 is 9.47 Å². The molecule has 1 fully saturated rings. The maximum atomic E-state index is 6.17. The maximum absolute atomic E-state index is 6.17. The molecule has 0 atom stereocenters. The number of rotatable bonds is 8. The normalized spacial score (nSPS) is 16.2. The Labute approximate surface area is 145 Å². The summed E-state index contributed by atoms with van der Waals surface area (Å²) in [5.74, 6) is 0.676. The molecule has 1 aliphatic heterocycles. The molecule has 0 aliphatic carbocycles. The summed E-state index contributed by atoms with van der Waals surface area (Å²) >= 11 is 0. The van der Waals surface area contributed by atoms with E-state index in [1.54, 1.807) is 0 Å². The van der Waals surface area contributed by atoms with Crippen molar-refractivity contribution in [3.05, 3.63) is 35.4 Å². The number of likely N-dealkylation sites (tertiary alicyclic amines) is 1. The third kappa shape index (κ3) is 6.89. The summed E-state index contributed by atoms with van der Waals surface area (Å²) in [6.45, 7) is 7.27. The first kappa shape index (κ1) is 18.7. The van der Waals surface area contributed by atoms with Gasteiger partial charge >= 0.3 is 0 Å². The molecular formula is C19H31N3O2. The predicted octanol–water partition coefficient (Wildman–Crippen LogP) is 2.93. The van der Waals surface area contributed by atoms with Crippen LogP contribution in [0.15, 0.2) is 29.3 Å². The van der Waals surface area contributed by atoms with Crippen LogP contribution >= 0.6 is 0 Å². The molecule has 1 saturated heterocycles. The highest BCUT2D eigenvalue weighted by atomic mass is 16.5. The standard InChI is InChI=1S/C19H31N3O2/c1-2-23-12-13-24-16-18-9-7-8-17(14-18)15-21-19(20)22-10-5-3-4-6-11-22/h7-9,14H,2-6,10-13,15-16H2,1H3,(H2,20,21). The van der Waals surface area contributed by atoms with Gasteiger partial charge in [0, 0.05) is 19.7 Å². The van der Waals surface area contributed by atoms with Gasteiger partial charge in [-0.3, -0.25) is 0 Å². The molecule has 0 aromatic heterocycles. The van der Waals surface area contributed by atoms with E-state index in [1.807, 2.05) is 13.0 Å². The first-order chi connectivity index (χ1) is 11.8. The maximum Gasteiger partial charge on any atom is 0.191 e. The van der Waals surface area contributed by atoms with Gasteiger partial charge in [0.15, 0.2) is 5.96 Å². The molecule has 2 rings (SSSR count). The average Bonchev–Trinajstić information content (AvgIpc) is 2.89. The average molecular weight is 333 g/mol. The fraction of sp³-hybridized carbons (Fsp3) is 0.632. The Bertz CT molecular complexity index is 497. The van der Waals surface area contributed by atoms with E-state index in [0.717, 1.165) is 25.3 Å². The van der Waals surface area contributed by atoms with Crippen molar-refractivity contribution in [1.82, 2.24) is 4.90 Å². The van der Waals surface area contributed by atoms with E-state index in [9.17, 15) is 0 Å². The highest BCUT2D eigenvalue weighted by Gasteiger charge is 2.10. The zero-order valence-corrected chi connectivity index (χ0v) is 14.9. The molecule has 5 nitrogen and oxygen atoms in total. The molecule has 0 radical (unpaired) electrons. The lowest BCUT2D eigenvalue weighted by Crippen LogP contribution is -2.38. The molecule has 5 heteroatoms. The number of guanidine groups is 1. The van der Waals surface area contributed by atoms with E-state index in [2.05, 4.69) is 28.1 Å². The number of hydrogen-bond acceptors (Lipinski definition) is 3. The summed E-state index contributed by atoms with van der Waals surface area (Å²) in [5, 5.41) is 0. The molecule has 1 aromatic carbocycles. The van der Waals surface area contributed by atoms with Gasteiger partial charge in [-0.05, 0) is 30.9 Å². The van der Waals surface area contributed by atoms with Gasteiger partial charge in [-0.25, -0.2) is 4.99 Å². The Balaban J connectivity index is 1.81. The summed E-state index contributed by atoms with van der Waals surface area (Å²) in [7, 11) is 0. The largest absolute Gasteiger partial charge is 0.379 e. The molecule has 1 aliphatic rings. The summed E-state index contributed by atoms with van der Waals surface area (Å²) < 4.78 is 10.9. The molecule has 0 unspecified atom stereocenters. The predicted molar refractivity (Wildman–Crippen MR) is 98.0 cm³/mol. The van der Waals surface area contributed by atoms with Crippen LogP contribution in [0, 0.1) is 0 Å². The fourth-order valence-corrected chi connectivity index (χ4v) is 2.84.